The van der Waals surface area contributed by atoms with E-state index in [2.05, 4.69) is 17.4 Å². The van der Waals surface area contributed by atoms with Gasteiger partial charge in [0.05, 0.1) is 18.1 Å². The summed E-state index contributed by atoms with van der Waals surface area (Å²) in [4.78, 5) is 40.8. The molecular weight excluding hydrogens is 532 g/mol. The first kappa shape index (κ1) is 29.3. The molecule has 8 nitrogen and oxygen atoms in total. The zero-order valence-electron chi connectivity index (χ0n) is 24.1. The lowest BCUT2D eigenvalue weighted by molar-refractivity contribution is -0.156. The summed E-state index contributed by atoms with van der Waals surface area (Å²) in [5.74, 6) is -1.40. The summed E-state index contributed by atoms with van der Waals surface area (Å²) in [5.41, 5.74) is 4.37. The molecule has 0 spiro atoms. The highest BCUT2D eigenvalue weighted by atomic mass is 16.5. The molecule has 3 atom stereocenters. The summed E-state index contributed by atoms with van der Waals surface area (Å²) in [6.45, 7) is 4.45. The van der Waals surface area contributed by atoms with Crippen LogP contribution < -0.4 is 5.32 Å². The summed E-state index contributed by atoms with van der Waals surface area (Å²) in [7, 11) is 0. The number of nitrogens with zero attached hydrogens (tertiary/aromatic N) is 1. The second kappa shape index (κ2) is 12.8. The lowest BCUT2D eigenvalue weighted by Gasteiger charge is -2.41. The first-order valence-electron chi connectivity index (χ1n) is 14.6. The van der Waals surface area contributed by atoms with Crippen molar-refractivity contribution in [1.82, 2.24) is 10.2 Å². The molecule has 1 heterocycles. The molecule has 2 N–H and O–H groups in total. The van der Waals surface area contributed by atoms with Crippen LogP contribution in [0.5, 0.6) is 0 Å². The molecule has 5 rings (SSSR count). The lowest BCUT2D eigenvalue weighted by atomic mass is 9.77. The van der Waals surface area contributed by atoms with Gasteiger partial charge in [0.15, 0.2) is 0 Å². The number of aliphatic carboxylic acids is 1. The number of ether oxygens (including phenoxy) is 2. The second-order valence-corrected chi connectivity index (χ2v) is 11.3. The Morgan fingerprint density at radius 3 is 2.21 bits per heavy atom. The number of nitrogens with one attached hydrogen (secondary N) is 1. The van der Waals surface area contributed by atoms with E-state index in [0.29, 0.717) is 25.8 Å². The maximum atomic E-state index is 13.9. The highest BCUT2D eigenvalue weighted by Gasteiger charge is 2.44. The Bertz CT molecular complexity index is 1380. The minimum Gasteiger partial charge on any atom is -0.481 e. The van der Waals surface area contributed by atoms with Gasteiger partial charge < -0.3 is 24.8 Å². The number of benzene rings is 3. The normalized spacial score (nSPS) is 19.3. The number of piperidine rings is 1. The minimum absolute atomic E-state index is 0.0892. The van der Waals surface area contributed by atoms with Gasteiger partial charge in [-0.25, -0.2) is 4.79 Å². The summed E-state index contributed by atoms with van der Waals surface area (Å²) in [6, 6.07) is 24.7. The van der Waals surface area contributed by atoms with Gasteiger partial charge in [-0.1, -0.05) is 85.8 Å². The molecule has 1 aliphatic carbocycles. The second-order valence-electron chi connectivity index (χ2n) is 11.3. The van der Waals surface area contributed by atoms with Crippen molar-refractivity contribution in [2.45, 2.75) is 57.8 Å². The van der Waals surface area contributed by atoms with Gasteiger partial charge in [-0.2, -0.15) is 0 Å². The molecule has 8 heteroatoms. The fourth-order valence-corrected chi connectivity index (χ4v) is 6.18. The van der Waals surface area contributed by atoms with Gasteiger partial charge in [0.2, 0.25) is 5.91 Å². The van der Waals surface area contributed by atoms with Crippen LogP contribution in [0.15, 0.2) is 78.9 Å². The van der Waals surface area contributed by atoms with Gasteiger partial charge in [-0.15, -0.1) is 0 Å². The van der Waals surface area contributed by atoms with Crippen molar-refractivity contribution in [2.24, 2.45) is 5.41 Å². The van der Waals surface area contributed by atoms with Crippen LogP contribution in [0.25, 0.3) is 11.1 Å². The molecule has 1 aliphatic heterocycles. The van der Waals surface area contributed by atoms with Gasteiger partial charge in [0.25, 0.3) is 0 Å². The van der Waals surface area contributed by atoms with Crippen molar-refractivity contribution < 1.29 is 29.0 Å². The predicted octanol–water partition coefficient (Wildman–Crippen LogP) is 5.60. The van der Waals surface area contributed by atoms with E-state index >= 15 is 0 Å². The smallest absolute Gasteiger partial charge is 0.407 e. The van der Waals surface area contributed by atoms with E-state index in [1.165, 1.54) is 0 Å². The zero-order chi connectivity index (χ0) is 29.7. The van der Waals surface area contributed by atoms with Crippen LogP contribution in [0.2, 0.25) is 0 Å². The fourth-order valence-electron chi connectivity index (χ4n) is 6.18. The summed E-state index contributed by atoms with van der Waals surface area (Å²) in [6.07, 6.45) is 0.0791. The number of carbonyl (C=O) groups is 3. The zero-order valence-corrected chi connectivity index (χ0v) is 24.1. The number of hydrogen-bond acceptors (Lipinski definition) is 5. The van der Waals surface area contributed by atoms with Crippen LogP contribution in [0.1, 0.15) is 55.7 Å². The first-order chi connectivity index (χ1) is 20.3. The summed E-state index contributed by atoms with van der Waals surface area (Å²) < 4.78 is 11.8. The molecule has 0 bridgehead atoms. The monoisotopic (exact) mass is 570 g/mol. The molecule has 0 saturated carbocycles. The highest BCUT2D eigenvalue weighted by Crippen LogP contribution is 2.44. The number of carboxylic acid groups (broad SMARTS) is 1. The SMILES string of the molecule is CCC1(C(=O)O)CCCN(C(=O)[C@H](NC(=O)OCC2c3ccccc3-c3ccccc32)[C@H](C)OCc2ccccc2)C1. The quantitative estimate of drug-likeness (QED) is 0.329. The Balaban J connectivity index is 1.31. The van der Waals surface area contributed by atoms with Gasteiger partial charge in [0.1, 0.15) is 12.6 Å². The number of carbonyl (C=O) groups excluding carboxylic acids is 2. The molecule has 1 unspecified atom stereocenters. The fraction of sp³-hybridized carbons (Fsp3) is 0.382. The Hall–Kier alpha value is -4.17. The number of hydrogen-bond donors (Lipinski definition) is 2. The molecule has 220 valence electrons. The average molecular weight is 571 g/mol. The lowest BCUT2D eigenvalue weighted by Crippen LogP contribution is -2.58. The van der Waals surface area contributed by atoms with Crippen LogP contribution in [0.4, 0.5) is 4.79 Å². The van der Waals surface area contributed by atoms with Crippen molar-refractivity contribution in [3.63, 3.8) is 0 Å². The number of carboxylic acids is 1. The number of likely N-dealkylation sites (tertiary alicyclic amines) is 1. The van der Waals surface area contributed by atoms with Gasteiger partial charge in [-0.3, -0.25) is 9.59 Å². The van der Waals surface area contributed by atoms with E-state index in [4.69, 9.17) is 9.47 Å². The van der Waals surface area contributed by atoms with Crippen LogP contribution in [0, 0.1) is 5.41 Å². The van der Waals surface area contributed by atoms with Crippen LogP contribution in [0.3, 0.4) is 0 Å². The van der Waals surface area contributed by atoms with E-state index in [-0.39, 0.29) is 31.6 Å². The number of alkyl carbamates (subject to hydrolysis) is 1. The Morgan fingerprint density at radius 2 is 1.60 bits per heavy atom. The Kier molecular flexibility index (Phi) is 8.92. The van der Waals surface area contributed by atoms with Crippen LogP contribution in [-0.2, 0) is 25.7 Å². The minimum atomic E-state index is -1.05. The van der Waals surface area contributed by atoms with Crippen molar-refractivity contribution in [2.75, 3.05) is 19.7 Å². The van der Waals surface area contributed by atoms with E-state index < -0.39 is 29.6 Å². The highest BCUT2D eigenvalue weighted by molar-refractivity contribution is 5.87. The third-order valence-corrected chi connectivity index (χ3v) is 8.73. The van der Waals surface area contributed by atoms with Crippen molar-refractivity contribution >= 4 is 18.0 Å². The maximum absolute atomic E-state index is 13.9. The van der Waals surface area contributed by atoms with Crippen molar-refractivity contribution in [3.8, 4) is 11.1 Å². The topological polar surface area (TPSA) is 105 Å². The molecular formula is C34H38N2O6. The molecule has 1 fully saturated rings. The molecule has 3 aromatic rings. The molecule has 1 saturated heterocycles. The van der Waals surface area contributed by atoms with Crippen molar-refractivity contribution in [1.29, 1.82) is 0 Å². The van der Waals surface area contributed by atoms with Gasteiger partial charge >= 0.3 is 12.1 Å². The standard InChI is InChI=1S/C34H38N2O6/c1-3-34(32(38)39)18-11-19-36(22-34)31(37)30(23(2)41-20-24-12-5-4-6-13-24)35-33(40)42-21-29-27-16-9-7-14-25(27)26-15-8-10-17-28(26)29/h4-10,12-17,23,29-30H,3,11,18-22H2,1-2H3,(H,35,40)(H,38,39)/t23-,30+,34?/m0/s1. The van der Waals surface area contributed by atoms with E-state index in [1.54, 1.807) is 11.8 Å². The predicted molar refractivity (Wildman–Crippen MR) is 159 cm³/mol. The molecule has 2 amide bonds. The third-order valence-electron chi connectivity index (χ3n) is 8.73. The van der Waals surface area contributed by atoms with E-state index in [1.807, 2.05) is 73.7 Å². The maximum Gasteiger partial charge on any atom is 0.407 e. The molecule has 0 aromatic heterocycles. The number of rotatable bonds is 10. The van der Waals surface area contributed by atoms with Gasteiger partial charge in [0, 0.05) is 19.0 Å². The van der Waals surface area contributed by atoms with E-state index in [9.17, 15) is 19.5 Å². The largest absolute Gasteiger partial charge is 0.481 e. The summed E-state index contributed by atoms with van der Waals surface area (Å²) in [5, 5.41) is 12.7. The average Bonchev–Trinajstić information content (AvgIpc) is 3.35. The Labute approximate surface area is 246 Å². The van der Waals surface area contributed by atoms with E-state index in [0.717, 1.165) is 27.8 Å². The molecule has 42 heavy (non-hydrogen) atoms. The molecule has 2 aliphatic rings. The Morgan fingerprint density at radius 1 is 0.976 bits per heavy atom. The van der Waals surface area contributed by atoms with Crippen LogP contribution >= 0.6 is 0 Å². The molecule has 0 radical (unpaired) electrons. The number of fused-ring (bicyclic) bond motifs is 3. The third kappa shape index (κ3) is 6.04. The van der Waals surface area contributed by atoms with Gasteiger partial charge in [-0.05, 0) is 54.0 Å². The first-order valence-corrected chi connectivity index (χ1v) is 14.6. The van der Waals surface area contributed by atoms with Crippen molar-refractivity contribution in [3.05, 3.63) is 95.6 Å². The number of amides is 2. The van der Waals surface area contributed by atoms with Crippen LogP contribution in [-0.4, -0.2) is 59.8 Å². The molecule has 3 aromatic carbocycles. The summed E-state index contributed by atoms with van der Waals surface area (Å²) >= 11 is 0.